The Labute approximate surface area is 54.1 Å². The van der Waals surface area contributed by atoms with Crippen LogP contribution in [0.4, 0.5) is 17.6 Å². The minimum Gasteiger partial charge on any atom is -0.335 e. The summed E-state index contributed by atoms with van der Waals surface area (Å²) in [7, 11) is 0. The molecule has 1 atom stereocenters. The highest BCUT2D eigenvalue weighted by atomic mass is 19.3. The minimum atomic E-state index is -4.79. The van der Waals surface area contributed by atoms with Crippen molar-refractivity contribution in [2.24, 2.45) is 0 Å². The largest absolute Gasteiger partial charge is 0.384 e. The van der Waals surface area contributed by atoms with Gasteiger partial charge in [0.25, 0.3) is 0 Å². The molecule has 6 heteroatoms. The first-order chi connectivity index (χ1) is 4.19. The van der Waals surface area contributed by atoms with Crippen molar-refractivity contribution in [3.63, 3.8) is 0 Å². The van der Waals surface area contributed by atoms with E-state index >= 15 is 0 Å². The molecular weight excluding hydrogens is 156 g/mol. The van der Waals surface area contributed by atoms with Gasteiger partial charge < -0.3 is 10.2 Å². The van der Waals surface area contributed by atoms with E-state index in [2.05, 4.69) is 0 Å². The Hall–Kier alpha value is -0.360. The number of alkyl halides is 4. The molecule has 0 heterocycles. The average molecular weight is 162 g/mol. The minimum absolute atomic E-state index is 0.320. The Morgan fingerprint density at radius 1 is 1.20 bits per heavy atom. The molecule has 0 radical (unpaired) electrons. The molecule has 0 saturated heterocycles. The Morgan fingerprint density at radius 2 is 1.50 bits per heavy atom. The molecule has 0 fully saturated rings. The Bertz CT molecular complexity index is 117. The van der Waals surface area contributed by atoms with Crippen molar-refractivity contribution in [2.75, 3.05) is 0 Å². The predicted octanol–water partition coefficient (Wildman–Crippen LogP) is 0.588. The quantitative estimate of drug-likeness (QED) is 0.460. The van der Waals surface area contributed by atoms with Crippen molar-refractivity contribution < 1.29 is 27.8 Å². The normalized spacial score (nSPS) is 17.1. The summed E-state index contributed by atoms with van der Waals surface area (Å²) >= 11 is 0. The van der Waals surface area contributed by atoms with E-state index in [1.807, 2.05) is 0 Å². The molecule has 0 spiro atoms. The van der Waals surface area contributed by atoms with Gasteiger partial charge in [-0.2, -0.15) is 13.2 Å². The topological polar surface area (TPSA) is 40.5 Å². The van der Waals surface area contributed by atoms with Gasteiger partial charge >= 0.3 is 12.0 Å². The summed E-state index contributed by atoms with van der Waals surface area (Å²) in [4.78, 5) is 0. The second kappa shape index (κ2) is 2.35. The van der Waals surface area contributed by atoms with E-state index in [9.17, 15) is 17.6 Å². The Balaban J connectivity index is 4.40. The van der Waals surface area contributed by atoms with Crippen molar-refractivity contribution in [1.29, 1.82) is 0 Å². The fourth-order valence-electron chi connectivity index (χ4n) is 0.253. The third-order valence-corrected chi connectivity index (χ3v) is 0.924. The van der Waals surface area contributed by atoms with Crippen LogP contribution in [0.2, 0.25) is 0 Å². The van der Waals surface area contributed by atoms with Gasteiger partial charge in [-0.05, 0) is 6.92 Å². The van der Waals surface area contributed by atoms with Gasteiger partial charge in [0.05, 0.1) is 0 Å². The van der Waals surface area contributed by atoms with Crippen molar-refractivity contribution in [3.05, 3.63) is 0 Å². The summed E-state index contributed by atoms with van der Waals surface area (Å²) in [6.07, 6.45) is -2.95. The molecule has 0 amide bonds. The lowest BCUT2D eigenvalue weighted by atomic mass is 10.2. The molecule has 0 aliphatic carbocycles. The first kappa shape index (κ1) is 9.64. The molecular formula is C4H6F4O2. The van der Waals surface area contributed by atoms with Crippen LogP contribution in [0, 0.1) is 0 Å². The molecule has 10 heavy (non-hydrogen) atoms. The molecule has 0 bridgehead atoms. The zero-order chi connectivity index (χ0) is 8.58. The van der Waals surface area contributed by atoms with E-state index < -0.39 is 18.1 Å². The third kappa shape index (κ3) is 1.57. The first-order valence-electron chi connectivity index (χ1n) is 2.35. The van der Waals surface area contributed by atoms with Crippen molar-refractivity contribution in [1.82, 2.24) is 0 Å². The third-order valence-electron chi connectivity index (χ3n) is 0.924. The molecule has 0 aromatic heterocycles. The van der Waals surface area contributed by atoms with Crippen LogP contribution in [0.3, 0.4) is 0 Å². The van der Waals surface area contributed by atoms with E-state index in [0.29, 0.717) is 6.92 Å². The smallest absolute Gasteiger partial charge is 0.335 e. The van der Waals surface area contributed by atoms with Crippen LogP contribution in [0.15, 0.2) is 0 Å². The zero-order valence-corrected chi connectivity index (χ0v) is 4.98. The molecule has 0 aliphatic rings. The monoisotopic (exact) mass is 162 g/mol. The maximum atomic E-state index is 11.8. The first-order valence-corrected chi connectivity index (χ1v) is 2.35. The maximum Gasteiger partial charge on any atom is 0.384 e. The van der Waals surface area contributed by atoms with E-state index in [1.54, 1.807) is 0 Å². The van der Waals surface area contributed by atoms with Crippen LogP contribution < -0.4 is 0 Å². The van der Waals surface area contributed by atoms with Crippen LogP contribution in [-0.2, 0) is 0 Å². The van der Waals surface area contributed by atoms with Crippen LogP contribution in [0.5, 0.6) is 0 Å². The van der Waals surface area contributed by atoms with Crippen LogP contribution in [0.1, 0.15) is 6.92 Å². The molecule has 0 aromatic rings. The molecule has 2 N–H and O–H groups in total. The number of rotatable bonds is 2. The van der Waals surface area contributed by atoms with Crippen LogP contribution >= 0.6 is 0 Å². The second-order valence-electron chi connectivity index (χ2n) is 1.83. The molecule has 0 rings (SSSR count). The lowest BCUT2D eigenvalue weighted by Crippen LogP contribution is -2.49. The van der Waals surface area contributed by atoms with Gasteiger partial charge in [-0.1, -0.05) is 0 Å². The lowest BCUT2D eigenvalue weighted by molar-refractivity contribution is -0.378. The SMILES string of the molecule is CC(F)C(F)(F)C(O)(O)F. The molecule has 0 aromatic carbocycles. The van der Waals surface area contributed by atoms with E-state index in [-0.39, 0.29) is 0 Å². The van der Waals surface area contributed by atoms with Gasteiger partial charge in [-0.15, -0.1) is 0 Å². The Kier molecular flexibility index (Phi) is 2.27. The van der Waals surface area contributed by atoms with Gasteiger partial charge in [0.2, 0.25) is 0 Å². The van der Waals surface area contributed by atoms with Crippen LogP contribution in [-0.4, -0.2) is 28.3 Å². The molecule has 0 aliphatic heterocycles. The number of aliphatic hydroxyl groups is 2. The number of halogens is 4. The summed E-state index contributed by atoms with van der Waals surface area (Å²) in [6.45, 7) is 0.320. The van der Waals surface area contributed by atoms with Crippen molar-refractivity contribution in [3.8, 4) is 0 Å². The van der Waals surface area contributed by atoms with Gasteiger partial charge in [0.15, 0.2) is 6.17 Å². The van der Waals surface area contributed by atoms with E-state index in [0.717, 1.165) is 0 Å². The lowest BCUT2D eigenvalue weighted by Gasteiger charge is -2.23. The Morgan fingerprint density at radius 3 is 1.50 bits per heavy atom. The van der Waals surface area contributed by atoms with Crippen LogP contribution in [0.25, 0.3) is 0 Å². The second-order valence-corrected chi connectivity index (χ2v) is 1.83. The van der Waals surface area contributed by atoms with Crippen molar-refractivity contribution in [2.45, 2.75) is 25.1 Å². The summed E-state index contributed by atoms with van der Waals surface area (Å²) in [5, 5.41) is 15.2. The van der Waals surface area contributed by atoms with Gasteiger partial charge in [0.1, 0.15) is 0 Å². The standard InChI is InChI=1S/C4H6F4O2/c1-2(5)3(6,7)4(8,9)10/h2,9-10H,1H3. The summed E-state index contributed by atoms with van der Waals surface area (Å²) in [6, 6.07) is -4.79. The van der Waals surface area contributed by atoms with Gasteiger partial charge in [-0.25, -0.2) is 4.39 Å². The number of hydrogen-bond donors (Lipinski definition) is 2. The van der Waals surface area contributed by atoms with Gasteiger partial charge in [0, 0.05) is 0 Å². The molecule has 1 unspecified atom stereocenters. The zero-order valence-electron chi connectivity index (χ0n) is 4.98. The highest BCUT2D eigenvalue weighted by Crippen LogP contribution is 2.32. The fraction of sp³-hybridized carbons (Fsp3) is 1.00. The average Bonchev–Trinajstić information content (AvgIpc) is 1.62. The molecule has 0 saturated carbocycles. The highest BCUT2D eigenvalue weighted by Gasteiger charge is 2.57. The summed E-state index contributed by atoms with van der Waals surface area (Å²) in [5.41, 5.74) is 0. The maximum absolute atomic E-state index is 11.8. The summed E-state index contributed by atoms with van der Waals surface area (Å²) in [5.74, 6) is -4.78. The van der Waals surface area contributed by atoms with Crippen molar-refractivity contribution >= 4 is 0 Å². The molecule has 2 nitrogen and oxygen atoms in total. The van der Waals surface area contributed by atoms with E-state index in [4.69, 9.17) is 10.2 Å². The summed E-state index contributed by atoms with van der Waals surface area (Å²) < 4.78 is 46.8. The van der Waals surface area contributed by atoms with E-state index in [1.165, 1.54) is 0 Å². The van der Waals surface area contributed by atoms with Gasteiger partial charge in [-0.3, -0.25) is 0 Å². The predicted molar refractivity (Wildman–Crippen MR) is 23.8 cm³/mol. The highest BCUT2D eigenvalue weighted by molar-refractivity contribution is 4.80. The number of hydrogen-bond acceptors (Lipinski definition) is 2. The molecule has 62 valence electrons. The fourth-order valence-corrected chi connectivity index (χ4v) is 0.253.